The van der Waals surface area contributed by atoms with Crippen LogP contribution in [0, 0.1) is 13.8 Å². The van der Waals surface area contributed by atoms with Gasteiger partial charge in [-0.2, -0.15) is 5.10 Å². The molecule has 0 radical (unpaired) electrons. The summed E-state index contributed by atoms with van der Waals surface area (Å²) in [5.74, 6) is -0.550. The lowest BCUT2D eigenvalue weighted by molar-refractivity contribution is -0.115. The Morgan fingerprint density at radius 1 is 1.22 bits per heavy atom. The van der Waals surface area contributed by atoms with Gasteiger partial charge in [0, 0.05) is 17.5 Å². The topological polar surface area (TPSA) is 76.0 Å². The lowest BCUT2D eigenvalue weighted by atomic mass is 10.2. The first-order valence-corrected chi connectivity index (χ1v) is 8.37. The molecular formula is C16H20N4O2S. The highest BCUT2D eigenvalue weighted by atomic mass is 32.2. The number of aryl methyl sites for hydroxylation is 2. The van der Waals surface area contributed by atoms with Crippen LogP contribution in [-0.2, 0) is 11.8 Å². The molecule has 0 saturated heterocycles. The monoisotopic (exact) mass is 332 g/mol. The summed E-state index contributed by atoms with van der Waals surface area (Å²) in [5.41, 5.74) is 2.84. The summed E-state index contributed by atoms with van der Waals surface area (Å²) in [7, 11) is 1.82. The number of rotatable bonds is 5. The normalized spacial score (nSPS) is 10.4. The Labute approximate surface area is 139 Å². The second kappa shape index (κ2) is 7.32. The minimum absolute atomic E-state index is 0.0864. The molecule has 2 amide bonds. The van der Waals surface area contributed by atoms with E-state index in [1.54, 1.807) is 28.6 Å². The molecule has 0 aliphatic rings. The lowest BCUT2D eigenvalue weighted by Crippen LogP contribution is -2.33. The molecule has 0 saturated carbocycles. The third kappa shape index (κ3) is 4.13. The molecule has 0 aliphatic heterocycles. The number of hydrogen-bond donors (Lipinski definition) is 2. The quantitative estimate of drug-likeness (QED) is 0.823. The molecule has 23 heavy (non-hydrogen) atoms. The van der Waals surface area contributed by atoms with Crippen molar-refractivity contribution in [3.63, 3.8) is 0 Å². The van der Waals surface area contributed by atoms with Gasteiger partial charge in [0.25, 0.3) is 5.91 Å². The number of nitrogens with zero attached hydrogens (tertiary/aromatic N) is 2. The van der Waals surface area contributed by atoms with Crippen molar-refractivity contribution in [2.24, 2.45) is 7.05 Å². The maximum absolute atomic E-state index is 12.0. The first kappa shape index (κ1) is 17.1. The molecule has 0 unspecified atom stereocenters. The fourth-order valence-electron chi connectivity index (χ4n) is 2.14. The average Bonchev–Trinajstić information content (AvgIpc) is 2.79. The second-order valence-electron chi connectivity index (χ2n) is 5.13. The van der Waals surface area contributed by atoms with Crippen LogP contribution in [0.2, 0.25) is 0 Å². The maximum atomic E-state index is 12.0. The van der Waals surface area contributed by atoms with Crippen LogP contribution in [0.1, 0.15) is 21.7 Å². The van der Waals surface area contributed by atoms with Gasteiger partial charge in [0.2, 0.25) is 5.91 Å². The summed E-state index contributed by atoms with van der Waals surface area (Å²) >= 11 is 1.61. The molecule has 0 aliphatic carbocycles. The van der Waals surface area contributed by atoms with Crippen molar-refractivity contribution in [2.75, 3.05) is 18.1 Å². The molecule has 6 nitrogen and oxygen atoms in total. The van der Waals surface area contributed by atoms with Crippen molar-refractivity contribution in [2.45, 2.75) is 18.7 Å². The van der Waals surface area contributed by atoms with E-state index in [1.165, 1.54) is 0 Å². The van der Waals surface area contributed by atoms with Crippen LogP contribution < -0.4 is 10.6 Å². The zero-order chi connectivity index (χ0) is 17.0. The molecule has 1 aromatic carbocycles. The smallest absolute Gasteiger partial charge is 0.251 e. The van der Waals surface area contributed by atoms with E-state index in [-0.39, 0.29) is 18.4 Å². The van der Waals surface area contributed by atoms with Crippen LogP contribution in [-0.4, -0.2) is 34.4 Å². The maximum Gasteiger partial charge on any atom is 0.251 e. The highest BCUT2D eigenvalue weighted by molar-refractivity contribution is 7.98. The zero-order valence-corrected chi connectivity index (χ0v) is 14.5. The van der Waals surface area contributed by atoms with Gasteiger partial charge in [-0.05, 0) is 44.4 Å². The molecule has 1 heterocycles. The van der Waals surface area contributed by atoms with Gasteiger partial charge in [0.1, 0.15) is 0 Å². The van der Waals surface area contributed by atoms with Gasteiger partial charge in [-0.25, -0.2) is 0 Å². The highest BCUT2D eigenvalue weighted by Crippen LogP contribution is 2.18. The summed E-state index contributed by atoms with van der Waals surface area (Å²) in [4.78, 5) is 25.1. The zero-order valence-electron chi connectivity index (χ0n) is 13.6. The number of aromatic nitrogens is 2. The number of carbonyl (C=O) groups excluding carboxylic acids is 2. The predicted octanol–water partition coefficient (Wildman–Crippen LogP) is 2.13. The van der Waals surface area contributed by atoms with Crippen molar-refractivity contribution in [1.29, 1.82) is 0 Å². The number of hydrogen-bond acceptors (Lipinski definition) is 4. The van der Waals surface area contributed by atoms with E-state index in [4.69, 9.17) is 0 Å². The third-order valence-corrected chi connectivity index (χ3v) is 4.28. The van der Waals surface area contributed by atoms with Crippen molar-refractivity contribution < 1.29 is 9.59 Å². The van der Waals surface area contributed by atoms with E-state index in [2.05, 4.69) is 15.7 Å². The van der Waals surface area contributed by atoms with Gasteiger partial charge in [0.15, 0.2) is 0 Å². The molecule has 2 N–H and O–H groups in total. The summed E-state index contributed by atoms with van der Waals surface area (Å²) in [5, 5.41) is 9.64. The van der Waals surface area contributed by atoms with Crippen molar-refractivity contribution >= 4 is 29.3 Å². The molecule has 1 aromatic heterocycles. The van der Waals surface area contributed by atoms with Gasteiger partial charge < -0.3 is 10.6 Å². The van der Waals surface area contributed by atoms with E-state index in [1.807, 2.05) is 39.3 Å². The average molecular weight is 332 g/mol. The summed E-state index contributed by atoms with van der Waals surface area (Å²) in [6.45, 7) is 3.62. The molecule has 0 spiro atoms. The summed E-state index contributed by atoms with van der Waals surface area (Å²) < 4.78 is 1.71. The Kier molecular flexibility index (Phi) is 5.44. The third-order valence-electron chi connectivity index (χ3n) is 3.54. The van der Waals surface area contributed by atoms with Gasteiger partial charge >= 0.3 is 0 Å². The van der Waals surface area contributed by atoms with Crippen LogP contribution in [0.25, 0.3) is 0 Å². The Balaban J connectivity index is 1.92. The number of carbonyl (C=O) groups is 2. The van der Waals surface area contributed by atoms with Gasteiger partial charge in [-0.15, -0.1) is 11.8 Å². The second-order valence-corrected chi connectivity index (χ2v) is 6.01. The Morgan fingerprint density at radius 3 is 2.39 bits per heavy atom. The number of benzene rings is 1. The first-order chi connectivity index (χ1) is 10.9. The Morgan fingerprint density at radius 2 is 1.87 bits per heavy atom. The van der Waals surface area contributed by atoms with Crippen LogP contribution in [0.3, 0.4) is 0 Å². The van der Waals surface area contributed by atoms with E-state index >= 15 is 0 Å². The van der Waals surface area contributed by atoms with E-state index < -0.39 is 0 Å². The van der Waals surface area contributed by atoms with E-state index in [9.17, 15) is 9.59 Å². The first-order valence-electron chi connectivity index (χ1n) is 7.14. The van der Waals surface area contributed by atoms with Crippen molar-refractivity contribution in [3.8, 4) is 0 Å². The summed E-state index contributed by atoms with van der Waals surface area (Å²) in [6, 6.07) is 7.24. The number of amides is 2. The van der Waals surface area contributed by atoms with E-state index in [0.717, 1.165) is 16.3 Å². The number of nitrogens with one attached hydrogen (secondary N) is 2. The van der Waals surface area contributed by atoms with Crippen LogP contribution in [0.5, 0.6) is 0 Å². The van der Waals surface area contributed by atoms with Crippen LogP contribution in [0.15, 0.2) is 29.2 Å². The predicted molar refractivity (Wildman–Crippen MR) is 91.9 cm³/mol. The minimum atomic E-state index is -0.279. The molecule has 2 aromatic rings. The van der Waals surface area contributed by atoms with Gasteiger partial charge in [-0.1, -0.05) is 0 Å². The minimum Gasteiger partial charge on any atom is -0.343 e. The van der Waals surface area contributed by atoms with E-state index in [0.29, 0.717) is 11.3 Å². The SMILES string of the molecule is CSc1ccc(C(=O)NCC(=O)Nc2c(C)nn(C)c2C)cc1. The number of anilines is 1. The fourth-order valence-corrected chi connectivity index (χ4v) is 2.55. The Hall–Kier alpha value is -2.28. The van der Waals surface area contributed by atoms with Crippen molar-refractivity contribution in [1.82, 2.24) is 15.1 Å². The largest absolute Gasteiger partial charge is 0.343 e. The van der Waals surface area contributed by atoms with Gasteiger partial charge in [-0.3, -0.25) is 14.3 Å². The van der Waals surface area contributed by atoms with Gasteiger partial charge in [0.05, 0.1) is 23.6 Å². The van der Waals surface area contributed by atoms with Crippen LogP contribution >= 0.6 is 11.8 Å². The molecule has 2 rings (SSSR count). The van der Waals surface area contributed by atoms with Crippen molar-refractivity contribution in [3.05, 3.63) is 41.2 Å². The Bertz CT molecular complexity index is 722. The lowest BCUT2D eigenvalue weighted by Gasteiger charge is -2.08. The molecule has 7 heteroatoms. The summed E-state index contributed by atoms with van der Waals surface area (Å²) in [6.07, 6.45) is 1.97. The molecule has 0 fully saturated rings. The standard InChI is InChI=1S/C16H20N4O2S/c1-10-15(11(2)20(3)19-10)18-14(21)9-17-16(22)12-5-7-13(23-4)8-6-12/h5-8H,9H2,1-4H3,(H,17,22)(H,18,21). The molecule has 0 bridgehead atoms. The highest BCUT2D eigenvalue weighted by Gasteiger charge is 2.13. The number of thioether (sulfide) groups is 1. The fraction of sp³-hybridized carbons (Fsp3) is 0.312. The molecule has 0 atom stereocenters. The molecule has 122 valence electrons. The molecular weight excluding hydrogens is 312 g/mol. The van der Waals surface area contributed by atoms with Crippen LogP contribution in [0.4, 0.5) is 5.69 Å².